The van der Waals surface area contributed by atoms with Crippen molar-refractivity contribution in [2.24, 2.45) is 7.05 Å². The van der Waals surface area contributed by atoms with Crippen LogP contribution in [0.3, 0.4) is 0 Å². The lowest BCUT2D eigenvalue weighted by Gasteiger charge is -2.14. The Labute approximate surface area is 173 Å². The van der Waals surface area contributed by atoms with E-state index < -0.39 is 17.6 Å². The Balaban J connectivity index is 1.59. The van der Waals surface area contributed by atoms with Gasteiger partial charge in [0.15, 0.2) is 0 Å². The zero-order valence-electron chi connectivity index (χ0n) is 16.3. The maximum absolute atomic E-state index is 13.2. The molecule has 0 spiro atoms. The smallest absolute Gasteiger partial charge is 0.324 e. The number of fused-ring (bicyclic) bond motifs is 1. The van der Waals surface area contributed by atoms with Crippen molar-refractivity contribution in [1.29, 1.82) is 0 Å². The number of carbonyl (C=O) groups is 1. The first kappa shape index (κ1) is 20.4. The predicted octanol–water partition coefficient (Wildman–Crippen LogP) is 2.97. The topological polar surface area (TPSA) is 86.7 Å². The van der Waals surface area contributed by atoms with Gasteiger partial charge in [0.2, 0.25) is 5.91 Å². The average Bonchev–Trinajstić information content (AvgIpc) is 3.34. The van der Waals surface area contributed by atoms with E-state index in [0.29, 0.717) is 5.52 Å². The summed E-state index contributed by atoms with van der Waals surface area (Å²) in [5.74, 6) is -0.541. The summed E-state index contributed by atoms with van der Waals surface area (Å²) in [4.78, 5) is 28.8. The lowest BCUT2D eigenvalue weighted by Crippen LogP contribution is -2.25. The number of para-hydroxylation sites is 2. The summed E-state index contributed by atoms with van der Waals surface area (Å²) < 4.78 is 43.7. The van der Waals surface area contributed by atoms with E-state index in [1.807, 2.05) is 0 Å². The number of anilines is 1. The number of hydrogen-bond donors (Lipinski definition) is 1. The SMILES string of the molecule is Cn1c(=O)n(CCC(=O)Nc2cc(C(F)(F)F)ccc2-n2cncn2)c2ccccc21. The number of halogens is 3. The fourth-order valence-electron chi connectivity index (χ4n) is 3.35. The molecule has 11 heteroatoms. The fourth-order valence-corrected chi connectivity index (χ4v) is 3.35. The average molecular weight is 430 g/mol. The number of nitrogens with one attached hydrogen (secondary N) is 1. The molecule has 0 atom stereocenters. The van der Waals surface area contributed by atoms with E-state index in [4.69, 9.17) is 0 Å². The quantitative estimate of drug-likeness (QED) is 0.528. The number of carbonyl (C=O) groups excluding carboxylic acids is 1. The molecule has 2 aromatic carbocycles. The van der Waals surface area contributed by atoms with Crippen molar-refractivity contribution in [1.82, 2.24) is 23.9 Å². The Morgan fingerprint density at radius 3 is 2.55 bits per heavy atom. The standard InChI is InChI=1S/C20H17F3N6O2/c1-27-16-4-2-3-5-17(16)28(19(27)31)9-8-18(30)26-14-10-13(20(21,22)23)6-7-15(14)29-12-24-11-25-29/h2-7,10-12H,8-9H2,1H3,(H,26,30). The van der Waals surface area contributed by atoms with Crippen LogP contribution in [0.2, 0.25) is 0 Å². The highest BCUT2D eigenvalue weighted by Gasteiger charge is 2.31. The molecule has 31 heavy (non-hydrogen) atoms. The van der Waals surface area contributed by atoms with Crippen molar-refractivity contribution in [3.8, 4) is 5.69 Å². The maximum atomic E-state index is 13.2. The van der Waals surface area contributed by atoms with Gasteiger partial charge in [0, 0.05) is 20.0 Å². The van der Waals surface area contributed by atoms with Gasteiger partial charge in [-0.3, -0.25) is 13.9 Å². The Hall–Kier alpha value is -3.89. The second-order valence-electron chi connectivity index (χ2n) is 6.85. The van der Waals surface area contributed by atoms with Crippen molar-refractivity contribution >= 4 is 22.6 Å². The second-order valence-corrected chi connectivity index (χ2v) is 6.85. The van der Waals surface area contributed by atoms with Gasteiger partial charge in [-0.05, 0) is 30.3 Å². The number of rotatable bonds is 5. The molecule has 1 N–H and O–H groups in total. The van der Waals surface area contributed by atoms with Crippen LogP contribution in [0.4, 0.5) is 18.9 Å². The van der Waals surface area contributed by atoms with Gasteiger partial charge in [-0.15, -0.1) is 0 Å². The zero-order valence-corrected chi connectivity index (χ0v) is 16.3. The summed E-state index contributed by atoms with van der Waals surface area (Å²) in [5.41, 5.74) is 0.384. The zero-order chi connectivity index (χ0) is 22.2. The van der Waals surface area contributed by atoms with Gasteiger partial charge < -0.3 is 5.32 Å². The summed E-state index contributed by atoms with van der Waals surface area (Å²) in [6.07, 6.45) is -2.14. The van der Waals surface area contributed by atoms with Gasteiger partial charge in [0.25, 0.3) is 0 Å². The molecular weight excluding hydrogens is 413 g/mol. The molecule has 2 aromatic heterocycles. The van der Waals surface area contributed by atoms with Crippen LogP contribution in [0.1, 0.15) is 12.0 Å². The third-order valence-corrected chi connectivity index (χ3v) is 4.88. The van der Waals surface area contributed by atoms with E-state index in [1.54, 1.807) is 31.3 Å². The minimum absolute atomic E-state index is 0.0596. The van der Waals surface area contributed by atoms with Crippen molar-refractivity contribution in [2.75, 3.05) is 5.32 Å². The minimum atomic E-state index is -4.57. The summed E-state index contributed by atoms with van der Waals surface area (Å²) in [7, 11) is 1.63. The monoisotopic (exact) mass is 430 g/mol. The number of benzene rings is 2. The Morgan fingerprint density at radius 2 is 1.87 bits per heavy atom. The highest BCUT2D eigenvalue weighted by molar-refractivity contribution is 5.93. The molecule has 1 amide bonds. The third-order valence-electron chi connectivity index (χ3n) is 4.88. The molecule has 0 unspecified atom stereocenters. The molecule has 0 fully saturated rings. The van der Waals surface area contributed by atoms with Gasteiger partial charge in [-0.1, -0.05) is 12.1 Å². The summed E-state index contributed by atoms with van der Waals surface area (Å²) in [5, 5.41) is 6.42. The molecule has 0 bridgehead atoms. The normalized spacial score (nSPS) is 11.7. The first-order chi connectivity index (χ1) is 14.8. The van der Waals surface area contributed by atoms with Gasteiger partial charge >= 0.3 is 11.9 Å². The first-order valence-electron chi connectivity index (χ1n) is 9.26. The molecule has 0 aliphatic heterocycles. The third kappa shape index (κ3) is 3.93. The lowest BCUT2D eigenvalue weighted by molar-refractivity contribution is -0.137. The number of hydrogen-bond acceptors (Lipinski definition) is 4. The molecule has 160 valence electrons. The van der Waals surface area contributed by atoms with Crippen LogP contribution in [0.25, 0.3) is 16.7 Å². The number of amides is 1. The molecule has 0 saturated heterocycles. The van der Waals surface area contributed by atoms with Crippen molar-refractivity contribution < 1.29 is 18.0 Å². The highest BCUT2D eigenvalue weighted by atomic mass is 19.4. The predicted molar refractivity (Wildman–Crippen MR) is 107 cm³/mol. The van der Waals surface area contributed by atoms with Gasteiger partial charge in [0.1, 0.15) is 12.7 Å². The number of aryl methyl sites for hydroxylation is 2. The van der Waals surface area contributed by atoms with E-state index >= 15 is 0 Å². The molecule has 4 aromatic rings. The molecule has 4 rings (SSSR count). The van der Waals surface area contributed by atoms with E-state index in [2.05, 4.69) is 15.4 Å². The molecule has 2 heterocycles. The molecule has 0 saturated carbocycles. The van der Waals surface area contributed by atoms with E-state index in [0.717, 1.165) is 17.6 Å². The van der Waals surface area contributed by atoms with Crippen LogP contribution in [-0.2, 0) is 24.6 Å². The van der Waals surface area contributed by atoms with Gasteiger partial charge in [-0.2, -0.15) is 18.3 Å². The van der Waals surface area contributed by atoms with Crippen LogP contribution in [0.5, 0.6) is 0 Å². The molecule has 0 radical (unpaired) electrons. The fraction of sp³-hybridized carbons (Fsp3) is 0.200. The Morgan fingerprint density at radius 1 is 1.13 bits per heavy atom. The number of nitrogens with zero attached hydrogens (tertiary/aromatic N) is 5. The van der Waals surface area contributed by atoms with Crippen LogP contribution in [-0.4, -0.2) is 29.8 Å². The second kappa shape index (κ2) is 7.74. The Bertz CT molecular complexity index is 1300. The maximum Gasteiger partial charge on any atom is 0.416 e. The van der Waals surface area contributed by atoms with Crippen molar-refractivity contribution in [3.63, 3.8) is 0 Å². The number of aromatic nitrogens is 5. The number of alkyl halides is 3. The number of imidazole rings is 1. The molecule has 0 aliphatic rings. The van der Waals surface area contributed by atoms with Gasteiger partial charge in [0.05, 0.1) is 28.0 Å². The summed E-state index contributed by atoms with van der Waals surface area (Å²) in [6.45, 7) is 0.0731. The first-order valence-corrected chi connectivity index (χ1v) is 9.26. The molecule has 8 nitrogen and oxygen atoms in total. The van der Waals surface area contributed by atoms with Crippen LogP contribution >= 0.6 is 0 Å². The van der Waals surface area contributed by atoms with Crippen molar-refractivity contribution in [2.45, 2.75) is 19.1 Å². The molecular formula is C20H17F3N6O2. The van der Waals surface area contributed by atoms with Crippen molar-refractivity contribution in [3.05, 3.63) is 71.2 Å². The van der Waals surface area contributed by atoms with E-state index in [9.17, 15) is 22.8 Å². The van der Waals surface area contributed by atoms with Crippen LogP contribution in [0, 0.1) is 0 Å². The lowest BCUT2D eigenvalue weighted by atomic mass is 10.1. The summed E-state index contributed by atoms with van der Waals surface area (Å²) >= 11 is 0. The van der Waals surface area contributed by atoms with E-state index in [-0.39, 0.29) is 30.0 Å². The largest absolute Gasteiger partial charge is 0.416 e. The van der Waals surface area contributed by atoms with Crippen LogP contribution < -0.4 is 11.0 Å². The Kier molecular flexibility index (Phi) is 5.09. The summed E-state index contributed by atoms with van der Waals surface area (Å²) in [6, 6.07) is 10.1. The van der Waals surface area contributed by atoms with E-state index in [1.165, 1.54) is 32.5 Å². The molecule has 0 aliphatic carbocycles. The van der Waals surface area contributed by atoms with Gasteiger partial charge in [-0.25, -0.2) is 14.5 Å². The highest BCUT2D eigenvalue weighted by Crippen LogP contribution is 2.33. The minimum Gasteiger partial charge on any atom is -0.324 e. The van der Waals surface area contributed by atoms with Crippen LogP contribution in [0.15, 0.2) is 59.9 Å².